The van der Waals surface area contributed by atoms with Gasteiger partial charge in [0.1, 0.15) is 12.0 Å². The second kappa shape index (κ2) is 16.4. The van der Waals surface area contributed by atoms with Crippen molar-refractivity contribution in [3.63, 3.8) is 0 Å². The van der Waals surface area contributed by atoms with E-state index in [-0.39, 0.29) is 5.76 Å². The van der Waals surface area contributed by atoms with Crippen LogP contribution in [0.4, 0.5) is 0 Å². The standard InChI is InChI=1S/C18H36O2/c1-2-3-4-5-6-7-8-9-10-11-12-13-14-15-16-18(20)17-19/h17,19-20H,2-16H2,1H3. The molecule has 0 aromatic carbocycles. The van der Waals surface area contributed by atoms with E-state index in [0.717, 1.165) is 19.1 Å². The highest BCUT2D eigenvalue weighted by atomic mass is 16.3. The van der Waals surface area contributed by atoms with Gasteiger partial charge < -0.3 is 10.2 Å². The zero-order chi connectivity index (χ0) is 14.9. The van der Waals surface area contributed by atoms with E-state index in [0.29, 0.717) is 6.42 Å². The number of unbranched alkanes of at least 4 members (excludes halogenated alkanes) is 13. The van der Waals surface area contributed by atoms with Gasteiger partial charge in [-0.1, -0.05) is 90.4 Å². The Kier molecular flexibility index (Phi) is 15.9. The molecule has 0 aliphatic carbocycles. The molecule has 0 radical (unpaired) electrons. The maximum absolute atomic E-state index is 9.06. The van der Waals surface area contributed by atoms with E-state index in [1.807, 2.05) is 0 Å². The minimum Gasteiger partial charge on any atom is -0.512 e. The minimum absolute atomic E-state index is 0.115. The van der Waals surface area contributed by atoms with E-state index in [1.165, 1.54) is 77.0 Å². The van der Waals surface area contributed by atoms with Crippen molar-refractivity contribution in [3.05, 3.63) is 12.0 Å². The van der Waals surface area contributed by atoms with Crippen molar-refractivity contribution < 1.29 is 10.2 Å². The summed E-state index contributed by atoms with van der Waals surface area (Å²) < 4.78 is 0. The average Bonchev–Trinajstić information content (AvgIpc) is 2.47. The largest absolute Gasteiger partial charge is 0.512 e. The summed E-state index contributed by atoms with van der Waals surface area (Å²) >= 11 is 0. The van der Waals surface area contributed by atoms with Crippen molar-refractivity contribution in [3.8, 4) is 0 Å². The highest BCUT2D eigenvalue weighted by Crippen LogP contribution is 2.13. The molecule has 0 aromatic rings. The molecule has 120 valence electrons. The zero-order valence-electron chi connectivity index (χ0n) is 13.6. The predicted molar refractivity (Wildman–Crippen MR) is 88.3 cm³/mol. The molecule has 0 bridgehead atoms. The molecule has 0 atom stereocenters. The Hall–Kier alpha value is -0.660. The highest BCUT2D eigenvalue weighted by Gasteiger charge is 1.95. The van der Waals surface area contributed by atoms with E-state index in [4.69, 9.17) is 10.2 Å². The molecule has 0 aliphatic heterocycles. The molecule has 0 unspecified atom stereocenters. The molecule has 2 nitrogen and oxygen atoms in total. The number of hydrogen-bond donors (Lipinski definition) is 2. The Morgan fingerprint density at radius 1 is 0.650 bits per heavy atom. The van der Waals surface area contributed by atoms with E-state index >= 15 is 0 Å². The monoisotopic (exact) mass is 284 g/mol. The van der Waals surface area contributed by atoms with Gasteiger partial charge in [0, 0.05) is 6.42 Å². The van der Waals surface area contributed by atoms with Crippen molar-refractivity contribution in [2.45, 2.75) is 103 Å². The molecule has 0 spiro atoms. The third kappa shape index (κ3) is 15.4. The third-order valence-corrected chi connectivity index (χ3v) is 3.94. The van der Waals surface area contributed by atoms with Crippen LogP contribution in [0, 0.1) is 0 Å². The Morgan fingerprint density at radius 3 is 1.35 bits per heavy atom. The van der Waals surface area contributed by atoms with Crippen LogP contribution in [0.15, 0.2) is 12.0 Å². The predicted octanol–water partition coefficient (Wildman–Crippen LogP) is 6.82. The van der Waals surface area contributed by atoms with Gasteiger partial charge in [-0.05, 0) is 6.42 Å². The zero-order valence-corrected chi connectivity index (χ0v) is 13.6. The molecule has 0 rings (SSSR count). The minimum atomic E-state index is 0.115. The summed E-state index contributed by atoms with van der Waals surface area (Å²) in [5, 5.41) is 17.6. The van der Waals surface area contributed by atoms with Gasteiger partial charge in [-0.3, -0.25) is 0 Å². The number of aliphatic hydroxyl groups is 2. The number of hydrogen-bond acceptors (Lipinski definition) is 2. The van der Waals surface area contributed by atoms with Crippen LogP contribution in [0.2, 0.25) is 0 Å². The SMILES string of the molecule is CCCCCCCCCCCCCCCCC(O)=CO. The van der Waals surface area contributed by atoms with Gasteiger partial charge >= 0.3 is 0 Å². The Bertz CT molecular complexity index is 211. The maximum Gasteiger partial charge on any atom is 0.126 e. The van der Waals surface area contributed by atoms with Crippen molar-refractivity contribution in [2.75, 3.05) is 0 Å². The first-order chi connectivity index (χ1) is 9.81. The molecule has 0 aliphatic rings. The summed E-state index contributed by atoms with van der Waals surface area (Å²) in [6.45, 7) is 2.27. The van der Waals surface area contributed by atoms with Gasteiger partial charge in [0.15, 0.2) is 0 Å². The third-order valence-electron chi connectivity index (χ3n) is 3.94. The summed E-state index contributed by atoms with van der Waals surface area (Å²) in [4.78, 5) is 0. The molecule has 20 heavy (non-hydrogen) atoms. The average molecular weight is 284 g/mol. The summed E-state index contributed by atoms with van der Waals surface area (Å²) in [5.41, 5.74) is 0. The summed E-state index contributed by atoms with van der Waals surface area (Å²) in [6, 6.07) is 0. The lowest BCUT2D eigenvalue weighted by atomic mass is 10.0. The van der Waals surface area contributed by atoms with Gasteiger partial charge in [-0.15, -0.1) is 0 Å². The molecule has 0 fully saturated rings. The summed E-state index contributed by atoms with van der Waals surface area (Å²) in [5.74, 6) is 0.115. The maximum atomic E-state index is 9.06. The van der Waals surface area contributed by atoms with E-state index in [9.17, 15) is 0 Å². The van der Waals surface area contributed by atoms with E-state index in [1.54, 1.807) is 0 Å². The number of allylic oxidation sites excluding steroid dienone is 1. The van der Waals surface area contributed by atoms with Crippen molar-refractivity contribution in [2.24, 2.45) is 0 Å². The molecule has 0 saturated heterocycles. The lowest BCUT2D eigenvalue weighted by Crippen LogP contribution is -1.85. The molecule has 2 heteroatoms. The van der Waals surface area contributed by atoms with Gasteiger partial charge in [0.25, 0.3) is 0 Å². The normalized spacial score (nSPS) is 11.9. The second-order valence-corrected chi connectivity index (χ2v) is 5.97. The molecule has 0 saturated carbocycles. The summed E-state index contributed by atoms with van der Waals surface area (Å²) in [7, 11) is 0. The Morgan fingerprint density at radius 2 is 1.00 bits per heavy atom. The van der Waals surface area contributed by atoms with Gasteiger partial charge in [0.2, 0.25) is 0 Å². The smallest absolute Gasteiger partial charge is 0.126 e. The Balaban J connectivity index is 2.99. The van der Waals surface area contributed by atoms with Crippen molar-refractivity contribution in [1.82, 2.24) is 0 Å². The lowest BCUT2D eigenvalue weighted by molar-refractivity contribution is 0.338. The fourth-order valence-corrected chi connectivity index (χ4v) is 2.57. The molecule has 0 aromatic heterocycles. The Labute approximate surface area is 126 Å². The van der Waals surface area contributed by atoms with Crippen LogP contribution in [0.3, 0.4) is 0 Å². The fourth-order valence-electron chi connectivity index (χ4n) is 2.57. The number of rotatable bonds is 15. The van der Waals surface area contributed by atoms with Crippen LogP contribution in [0.25, 0.3) is 0 Å². The van der Waals surface area contributed by atoms with E-state index < -0.39 is 0 Å². The molecule has 0 amide bonds. The second-order valence-electron chi connectivity index (χ2n) is 5.97. The summed E-state index contributed by atoms with van der Waals surface area (Å²) in [6.07, 6.45) is 20.2. The van der Waals surface area contributed by atoms with Crippen LogP contribution in [0.5, 0.6) is 0 Å². The van der Waals surface area contributed by atoms with E-state index in [2.05, 4.69) is 6.92 Å². The quantitative estimate of drug-likeness (QED) is 0.256. The highest BCUT2D eigenvalue weighted by molar-refractivity contribution is 4.82. The van der Waals surface area contributed by atoms with Crippen molar-refractivity contribution in [1.29, 1.82) is 0 Å². The molecular formula is C18H36O2. The number of aliphatic hydroxyl groups excluding tert-OH is 2. The first kappa shape index (κ1) is 19.3. The van der Waals surface area contributed by atoms with Crippen molar-refractivity contribution >= 4 is 0 Å². The molecule has 2 N–H and O–H groups in total. The first-order valence-electron chi connectivity index (χ1n) is 8.83. The van der Waals surface area contributed by atoms with Gasteiger partial charge in [-0.2, -0.15) is 0 Å². The molecule has 0 heterocycles. The van der Waals surface area contributed by atoms with Crippen LogP contribution < -0.4 is 0 Å². The van der Waals surface area contributed by atoms with Crippen LogP contribution >= 0.6 is 0 Å². The van der Waals surface area contributed by atoms with Crippen LogP contribution in [0.1, 0.15) is 103 Å². The van der Waals surface area contributed by atoms with Crippen LogP contribution in [-0.2, 0) is 0 Å². The van der Waals surface area contributed by atoms with Gasteiger partial charge in [0.05, 0.1) is 0 Å². The van der Waals surface area contributed by atoms with Crippen LogP contribution in [-0.4, -0.2) is 10.2 Å². The fraction of sp³-hybridized carbons (Fsp3) is 0.889. The lowest BCUT2D eigenvalue weighted by Gasteiger charge is -2.03. The topological polar surface area (TPSA) is 40.5 Å². The first-order valence-corrected chi connectivity index (χ1v) is 8.83. The van der Waals surface area contributed by atoms with Gasteiger partial charge in [-0.25, -0.2) is 0 Å². The molecular weight excluding hydrogens is 248 g/mol.